The molecule has 202 valence electrons. The van der Waals surface area contributed by atoms with Crippen LogP contribution in [0.25, 0.3) is 0 Å². The summed E-state index contributed by atoms with van der Waals surface area (Å²) in [5.74, 6) is -4.55. The Kier molecular flexibility index (Phi) is 6.93. The van der Waals surface area contributed by atoms with E-state index in [1.165, 1.54) is 6.07 Å². The predicted molar refractivity (Wildman–Crippen MR) is 149 cm³/mol. The van der Waals surface area contributed by atoms with Gasteiger partial charge >= 0.3 is 5.97 Å². The van der Waals surface area contributed by atoms with Gasteiger partial charge in [-0.1, -0.05) is 67.2 Å². The van der Waals surface area contributed by atoms with Gasteiger partial charge in [0.05, 0.1) is 16.6 Å². The van der Waals surface area contributed by atoms with Crippen LogP contribution in [0.3, 0.4) is 0 Å². The van der Waals surface area contributed by atoms with E-state index >= 15 is 0 Å². The highest BCUT2D eigenvalue weighted by molar-refractivity contribution is 6.38. The second kappa shape index (κ2) is 9.56. The molecule has 2 unspecified atom stereocenters. The normalized spacial score (nSPS) is 26.4. The van der Waals surface area contributed by atoms with Crippen LogP contribution in [0.15, 0.2) is 30.3 Å². The van der Waals surface area contributed by atoms with Crippen molar-refractivity contribution in [1.82, 2.24) is 4.90 Å². The van der Waals surface area contributed by atoms with Crippen molar-refractivity contribution in [2.75, 3.05) is 23.3 Å². The number of nitrogens with one attached hydrogen (secondary N) is 1. The number of nitrogens with zero attached hydrogens (tertiary/aromatic N) is 2. The van der Waals surface area contributed by atoms with E-state index in [1.54, 1.807) is 29.2 Å². The molecule has 7 nitrogen and oxygen atoms in total. The van der Waals surface area contributed by atoms with Gasteiger partial charge in [0, 0.05) is 38.9 Å². The van der Waals surface area contributed by atoms with E-state index in [0.717, 1.165) is 0 Å². The van der Waals surface area contributed by atoms with E-state index in [0.29, 0.717) is 46.4 Å². The van der Waals surface area contributed by atoms with Gasteiger partial charge in [-0.05, 0) is 55.1 Å². The number of benzene rings is 2. The fourth-order valence-electron chi connectivity index (χ4n) is 6.48. The molecule has 0 aromatic heterocycles. The summed E-state index contributed by atoms with van der Waals surface area (Å²) in [5, 5.41) is 14.7. The molecule has 3 aliphatic rings. The van der Waals surface area contributed by atoms with Crippen molar-refractivity contribution in [3.63, 3.8) is 0 Å². The van der Waals surface area contributed by atoms with Gasteiger partial charge in [0.1, 0.15) is 11.5 Å². The smallest absolute Gasteiger partial charge is 0.310 e. The molecular weight excluding hydrogens is 572 g/mol. The van der Waals surface area contributed by atoms with Crippen LogP contribution < -0.4 is 10.2 Å². The molecule has 0 saturated carbocycles. The highest BCUT2D eigenvalue weighted by atomic mass is 35.5. The summed E-state index contributed by atoms with van der Waals surface area (Å²) < 4.78 is 0. The minimum atomic E-state index is -1.63. The molecular formula is C27H27Cl4N3O4. The van der Waals surface area contributed by atoms with E-state index in [2.05, 4.69) is 5.32 Å². The van der Waals surface area contributed by atoms with E-state index in [-0.39, 0.29) is 22.0 Å². The lowest BCUT2D eigenvalue weighted by atomic mass is 9.73. The lowest BCUT2D eigenvalue weighted by Gasteiger charge is -2.36. The maximum absolute atomic E-state index is 14.6. The number of fused-ring (bicyclic) bond motifs is 4. The number of carboxylic acid groups (broad SMARTS) is 1. The molecule has 4 atom stereocenters. The third-order valence-electron chi connectivity index (χ3n) is 7.64. The third-order valence-corrected chi connectivity index (χ3v) is 8.59. The Hall–Kier alpha value is -2.03. The van der Waals surface area contributed by atoms with E-state index in [4.69, 9.17) is 46.4 Å². The summed E-state index contributed by atoms with van der Waals surface area (Å²) >= 11 is 25.4. The van der Waals surface area contributed by atoms with Crippen LogP contribution in [0.5, 0.6) is 0 Å². The Morgan fingerprint density at radius 3 is 2.32 bits per heavy atom. The molecule has 0 radical (unpaired) electrons. The Bertz CT molecular complexity index is 1340. The summed E-state index contributed by atoms with van der Waals surface area (Å²) in [4.78, 5) is 44.9. The van der Waals surface area contributed by atoms with Crippen LogP contribution in [0.4, 0.5) is 11.4 Å². The van der Waals surface area contributed by atoms with Gasteiger partial charge in [0.15, 0.2) is 0 Å². The predicted octanol–water partition coefficient (Wildman–Crippen LogP) is 6.32. The van der Waals surface area contributed by atoms with Crippen LogP contribution in [0, 0.1) is 17.3 Å². The average molecular weight is 599 g/mol. The molecule has 11 heteroatoms. The number of carboxylic acids is 1. The summed E-state index contributed by atoms with van der Waals surface area (Å²) in [6.45, 7) is 6.69. The summed E-state index contributed by atoms with van der Waals surface area (Å²) in [6.07, 6.45) is 1.28. The van der Waals surface area contributed by atoms with Gasteiger partial charge in [-0.15, -0.1) is 0 Å². The first-order chi connectivity index (χ1) is 17.8. The highest BCUT2D eigenvalue weighted by Crippen LogP contribution is 2.59. The summed E-state index contributed by atoms with van der Waals surface area (Å²) in [5.41, 5.74) is -0.773. The quantitative estimate of drug-likeness (QED) is 0.430. The molecule has 3 aliphatic heterocycles. The molecule has 0 bridgehead atoms. The maximum Gasteiger partial charge on any atom is 0.310 e. The van der Waals surface area contributed by atoms with Crippen molar-refractivity contribution in [2.24, 2.45) is 17.3 Å². The van der Waals surface area contributed by atoms with Gasteiger partial charge in [-0.3, -0.25) is 19.3 Å². The molecule has 1 spiro atoms. The highest BCUT2D eigenvalue weighted by Gasteiger charge is 2.71. The van der Waals surface area contributed by atoms with Gasteiger partial charge in [0.25, 0.3) is 5.91 Å². The molecule has 3 heterocycles. The zero-order valence-electron chi connectivity index (χ0n) is 21.0. The van der Waals surface area contributed by atoms with Crippen molar-refractivity contribution >= 4 is 75.6 Å². The number of hydrogen-bond acceptors (Lipinski definition) is 4. The fourth-order valence-corrected chi connectivity index (χ4v) is 7.53. The van der Waals surface area contributed by atoms with Gasteiger partial charge < -0.3 is 15.3 Å². The number of amides is 2. The van der Waals surface area contributed by atoms with Crippen LogP contribution in [0.1, 0.15) is 39.2 Å². The van der Waals surface area contributed by atoms with Crippen molar-refractivity contribution in [3.05, 3.63) is 56.0 Å². The van der Waals surface area contributed by atoms with Crippen LogP contribution in [0.2, 0.25) is 20.1 Å². The Labute approximate surface area is 241 Å². The third kappa shape index (κ3) is 4.27. The number of rotatable bonds is 4. The number of anilines is 2. The second-order valence-corrected chi connectivity index (χ2v) is 13.1. The standard InChI is InChI=1S/C27H27Cl4N3O4/c1-26(2,3)12-33(16-8-13(28)7-14(29)9-16)23(35)20-19-5-4-6-34(19)27(21(20)24(36)37)17-10-15(30)11-18(31)22(17)32-25(27)38/h7-11,19-21H,4-6,12H2,1-3H3,(H,32,38)(H,36,37)/t19-,20?,21-,27?/m0/s1. The Balaban J connectivity index is 1.70. The van der Waals surface area contributed by atoms with Gasteiger partial charge in [0.2, 0.25) is 5.91 Å². The van der Waals surface area contributed by atoms with Crippen molar-refractivity contribution in [2.45, 2.75) is 45.2 Å². The number of carbonyl (C=O) groups excluding carboxylic acids is 2. The summed E-state index contributed by atoms with van der Waals surface area (Å²) in [7, 11) is 0. The number of carbonyl (C=O) groups is 3. The van der Waals surface area contributed by atoms with Crippen LogP contribution >= 0.6 is 46.4 Å². The Morgan fingerprint density at radius 2 is 1.71 bits per heavy atom. The molecule has 38 heavy (non-hydrogen) atoms. The first-order valence-electron chi connectivity index (χ1n) is 12.3. The van der Waals surface area contributed by atoms with E-state index < -0.39 is 41.2 Å². The van der Waals surface area contributed by atoms with Crippen molar-refractivity contribution in [3.8, 4) is 0 Å². The maximum atomic E-state index is 14.6. The first-order valence-corrected chi connectivity index (χ1v) is 13.8. The number of hydrogen-bond donors (Lipinski definition) is 2. The van der Waals surface area contributed by atoms with E-state index in [9.17, 15) is 19.5 Å². The molecule has 2 N–H and O–H groups in total. The number of halogens is 4. The zero-order valence-corrected chi connectivity index (χ0v) is 24.0. The lowest BCUT2D eigenvalue weighted by molar-refractivity contribution is -0.152. The van der Waals surface area contributed by atoms with E-state index in [1.807, 2.05) is 25.7 Å². The monoisotopic (exact) mass is 597 g/mol. The van der Waals surface area contributed by atoms with Crippen LogP contribution in [-0.4, -0.2) is 46.9 Å². The number of aliphatic carboxylic acids is 1. The first kappa shape index (κ1) is 27.5. The Morgan fingerprint density at radius 1 is 1.08 bits per heavy atom. The minimum Gasteiger partial charge on any atom is -0.481 e. The van der Waals surface area contributed by atoms with Crippen molar-refractivity contribution < 1.29 is 19.5 Å². The topological polar surface area (TPSA) is 90.0 Å². The molecule has 5 rings (SSSR count). The second-order valence-electron chi connectivity index (χ2n) is 11.4. The lowest BCUT2D eigenvalue weighted by Crippen LogP contribution is -2.53. The van der Waals surface area contributed by atoms with Crippen LogP contribution in [-0.2, 0) is 19.9 Å². The minimum absolute atomic E-state index is 0.218. The fraction of sp³-hybridized carbons (Fsp3) is 0.444. The largest absolute Gasteiger partial charge is 0.481 e. The van der Waals surface area contributed by atoms with Crippen molar-refractivity contribution in [1.29, 1.82) is 0 Å². The molecule has 2 saturated heterocycles. The molecule has 2 fully saturated rings. The molecule has 0 aliphatic carbocycles. The molecule has 2 aromatic carbocycles. The molecule has 2 aromatic rings. The SMILES string of the molecule is CC(C)(C)CN(C(=O)C1[C@@H](C(=O)O)C2(C(=O)Nc3c(Cl)cc(Cl)cc32)N2CCC[C@@H]12)c1cc(Cl)cc(Cl)c1. The molecule has 2 amide bonds. The summed E-state index contributed by atoms with van der Waals surface area (Å²) in [6, 6.07) is 7.47. The van der Waals surface area contributed by atoms with Gasteiger partial charge in [-0.2, -0.15) is 0 Å². The van der Waals surface area contributed by atoms with Gasteiger partial charge in [-0.25, -0.2) is 0 Å². The average Bonchev–Trinajstić information content (AvgIpc) is 3.44. The zero-order chi connectivity index (χ0) is 27.7.